The molecule has 6 nitrogen and oxygen atoms in total. The quantitative estimate of drug-likeness (QED) is 0.721. The highest BCUT2D eigenvalue weighted by atomic mass is 16.5. The van der Waals surface area contributed by atoms with Crippen LogP contribution in [0.1, 0.15) is 37.7 Å². The number of benzene rings is 1. The fourth-order valence-electron chi connectivity index (χ4n) is 2.84. The van der Waals surface area contributed by atoms with Crippen LogP contribution in [0.15, 0.2) is 18.2 Å². The molecule has 0 saturated heterocycles. The number of nitrogens with one attached hydrogen (secondary N) is 1. The Balaban J connectivity index is 1.98. The van der Waals surface area contributed by atoms with Crippen molar-refractivity contribution >= 4 is 5.91 Å². The Morgan fingerprint density at radius 2 is 2.08 bits per heavy atom. The van der Waals surface area contributed by atoms with E-state index in [4.69, 9.17) is 19.9 Å². The third-order valence-corrected chi connectivity index (χ3v) is 4.36. The van der Waals surface area contributed by atoms with Crippen LogP contribution in [0.2, 0.25) is 0 Å². The molecule has 0 aromatic heterocycles. The zero-order valence-corrected chi connectivity index (χ0v) is 14.5. The number of carbonyl (C=O) groups is 1. The van der Waals surface area contributed by atoms with Crippen molar-refractivity contribution in [2.45, 2.75) is 50.9 Å². The van der Waals surface area contributed by atoms with Crippen molar-refractivity contribution < 1.29 is 19.0 Å². The Morgan fingerprint density at radius 3 is 2.71 bits per heavy atom. The Bertz CT molecular complexity index is 526. The molecule has 1 fully saturated rings. The molecule has 0 bridgehead atoms. The number of nitrogens with two attached hydrogens (primary N) is 1. The van der Waals surface area contributed by atoms with E-state index >= 15 is 0 Å². The van der Waals surface area contributed by atoms with E-state index in [0.717, 1.165) is 29.9 Å². The normalized spacial score (nSPS) is 16.0. The van der Waals surface area contributed by atoms with E-state index in [1.165, 1.54) is 12.8 Å². The van der Waals surface area contributed by atoms with Gasteiger partial charge in [0.25, 0.3) is 0 Å². The first-order valence-electron chi connectivity index (χ1n) is 8.49. The van der Waals surface area contributed by atoms with Crippen LogP contribution in [0.5, 0.6) is 11.5 Å². The number of hydrogen-bond acceptors (Lipinski definition) is 5. The maximum absolute atomic E-state index is 12.0. The molecular formula is C18H28N2O4. The van der Waals surface area contributed by atoms with Crippen molar-refractivity contribution in [3.63, 3.8) is 0 Å². The summed E-state index contributed by atoms with van der Waals surface area (Å²) in [6, 6.07) is 5.69. The average molecular weight is 336 g/mol. The van der Waals surface area contributed by atoms with Gasteiger partial charge in [-0.15, -0.1) is 0 Å². The van der Waals surface area contributed by atoms with E-state index < -0.39 is 0 Å². The number of ether oxygens (including phenoxy) is 3. The van der Waals surface area contributed by atoms with Crippen LogP contribution in [0.3, 0.4) is 0 Å². The molecule has 1 aliphatic rings. The van der Waals surface area contributed by atoms with Gasteiger partial charge in [0.05, 0.1) is 25.7 Å². The Kier molecular flexibility index (Phi) is 7.34. The van der Waals surface area contributed by atoms with E-state index in [-0.39, 0.29) is 24.5 Å². The Morgan fingerprint density at radius 1 is 1.33 bits per heavy atom. The minimum absolute atomic E-state index is 0.0880. The highest BCUT2D eigenvalue weighted by Crippen LogP contribution is 2.30. The monoisotopic (exact) mass is 336 g/mol. The molecule has 1 amide bonds. The van der Waals surface area contributed by atoms with Crippen molar-refractivity contribution in [1.82, 2.24) is 5.32 Å². The second-order valence-electron chi connectivity index (χ2n) is 6.07. The van der Waals surface area contributed by atoms with Crippen molar-refractivity contribution in [2.24, 2.45) is 5.73 Å². The van der Waals surface area contributed by atoms with E-state index in [0.29, 0.717) is 13.1 Å². The predicted molar refractivity (Wildman–Crippen MR) is 92.2 cm³/mol. The van der Waals surface area contributed by atoms with E-state index in [1.54, 1.807) is 14.2 Å². The smallest absolute Gasteiger partial charge is 0.222 e. The molecule has 1 atom stereocenters. The van der Waals surface area contributed by atoms with Gasteiger partial charge in [-0.1, -0.05) is 0 Å². The van der Waals surface area contributed by atoms with Crippen LogP contribution < -0.4 is 20.5 Å². The summed E-state index contributed by atoms with van der Waals surface area (Å²) in [6.45, 7) is 0.731. The molecule has 2 rings (SSSR count). The number of methoxy groups -OCH3 is 2. The Labute approximate surface area is 143 Å². The summed E-state index contributed by atoms with van der Waals surface area (Å²) in [4.78, 5) is 12.0. The van der Waals surface area contributed by atoms with Gasteiger partial charge in [-0.2, -0.15) is 0 Å². The molecular weight excluding hydrogens is 308 g/mol. The van der Waals surface area contributed by atoms with Crippen LogP contribution in [0, 0.1) is 0 Å². The lowest BCUT2D eigenvalue weighted by molar-refractivity contribution is -0.123. The average Bonchev–Trinajstić information content (AvgIpc) is 3.11. The molecule has 1 aromatic carbocycles. The minimum atomic E-state index is -0.255. The van der Waals surface area contributed by atoms with Crippen LogP contribution in [-0.4, -0.2) is 38.9 Å². The summed E-state index contributed by atoms with van der Waals surface area (Å²) < 4.78 is 16.6. The standard InChI is InChI=1S/C18H28N2O4/c1-22-15-8-7-13(12-20-18(21)10-16(11-19)23-2)17(9-15)24-14-5-3-4-6-14/h7-9,14,16H,3-6,10-12,19H2,1-2H3,(H,20,21). The van der Waals surface area contributed by atoms with Crippen molar-refractivity contribution in [3.05, 3.63) is 23.8 Å². The minimum Gasteiger partial charge on any atom is -0.497 e. The Hall–Kier alpha value is -1.79. The summed E-state index contributed by atoms with van der Waals surface area (Å²) in [7, 11) is 3.19. The molecule has 1 aliphatic carbocycles. The maximum Gasteiger partial charge on any atom is 0.222 e. The molecule has 1 saturated carbocycles. The van der Waals surface area contributed by atoms with Crippen molar-refractivity contribution in [1.29, 1.82) is 0 Å². The van der Waals surface area contributed by atoms with Crippen molar-refractivity contribution in [2.75, 3.05) is 20.8 Å². The summed E-state index contributed by atoms with van der Waals surface area (Å²) >= 11 is 0. The summed E-state index contributed by atoms with van der Waals surface area (Å²) in [6.07, 6.45) is 4.82. The molecule has 134 valence electrons. The highest BCUT2D eigenvalue weighted by molar-refractivity contribution is 5.76. The second-order valence-corrected chi connectivity index (χ2v) is 6.07. The lowest BCUT2D eigenvalue weighted by Gasteiger charge is -2.18. The van der Waals surface area contributed by atoms with Crippen LogP contribution in [0.25, 0.3) is 0 Å². The van der Waals surface area contributed by atoms with Gasteiger partial charge in [-0.25, -0.2) is 0 Å². The molecule has 6 heteroatoms. The second kappa shape index (κ2) is 9.49. The molecule has 3 N–H and O–H groups in total. The highest BCUT2D eigenvalue weighted by Gasteiger charge is 2.19. The van der Waals surface area contributed by atoms with Gasteiger partial charge in [-0.3, -0.25) is 4.79 Å². The van der Waals surface area contributed by atoms with Gasteiger partial charge in [0, 0.05) is 31.8 Å². The van der Waals surface area contributed by atoms with Gasteiger partial charge >= 0.3 is 0 Å². The third kappa shape index (κ3) is 5.39. The molecule has 0 aliphatic heterocycles. The fourth-order valence-corrected chi connectivity index (χ4v) is 2.84. The van der Waals surface area contributed by atoms with Crippen LogP contribution in [-0.2, 0) is 16.1 Å². The van der Waals surface area contributed by atoms with E-state index in [1.807, 2.05) is 18.2 Å². The van der Waals surface area contributed by atoms with Crippen molar-refractivity contribution in [3.8, 4) is 11.5 Å². The molecule has 0 heterocycles. The molecule has 0 spiro atoms. The first kappa shape index (κ1) is 18.5. The maximum atomic E-state index is 12.0. The summed E-state index contributed by atoms with van der Waals surface area (Å²) in [5.41, 5.74) is 6.49. The first-order chi connectivity index (χ1) is 11.7. The lowest BCUT2D eigenvalue weighted by atomic mass is 10.1. The fraction of sp³-hybridized carbons (Fsp3) is 0.611. The zero-order valence-electron chi connectivity index (χ0n) is 14.5. The number of amides is 1. The van der Waals surface area contributed by atoms with Gasteiger partial charge in [0.1, 0.15) is 11.5 Å². The summed E-state index contributed by atoms with van der Waals surface area (Å²) in [5.74, 6) is 1.44. The van der Waals surface area contributed by atoms with E-state index in [9.17, 15) is 4.79 Å². The first-order valence-corrected chi connectivity index (χ1v) is 8.49. The van der Waals surface area contributed by atoms with Gasteiger partial charge in [0.15, 0.2) is 0 Å². The van der Waals surface area contributed by atoms with Gasteiger partial charge < -0.3 is 25.3 Å². The third-order valence-electron chi connectivity index (χ3n) is 4.36. The SMILES string of the molecule is COc1ccc(CNC(=O)CC(CN)OC)c(OC2CCCC2)c1. The summed E-state index contributed by atoms with van der Waals surface area (Å²) in [5, 5.41) is 2.91. The zero-order chi connectivity index (χ0) is 17.4. The molecule has 1 aromatic rings. The number of carbonyl (C=O) groups excluding carboxylic acids is 1. The molecule has 1 unspecified atom stereocenters. The largest absolute Gasteiger partial charge is 0.497 e. The van der Waals surface area contributed by atoms with Crippen LogP contribution >= 0.6 is 0 Å². The topological polar surface area (TPSA) is 82.8 Å². The molecule has 0 radical (unpaired) electrons. The number of hydrogen-bond donors (Lipinski definition) is 2. The predicted octanol–water partition coefficient (Wildman–Crippen LogP) is 2.00. The van der Waals surface area contributed by atoms with Crippen LogP contribution in [0.4, 0.5) is 0 Å². The molecule has 24 heavy (non-hydrogen) atoms. The van der Waals surface area contributed by atoms with Gasteiger partial charge in [-0.05, 0) is 37.8 Å². The van der Waals surface area contributed by atoms with E-state index in [2.05, 4.69) is 5.32 Å². The van der Waals surface area contributed by atoms with Gasteiger partial charge in [0.2, 0.25) is 5.91 Å². The lowest BCUT2D eigenvalue weighted by Crippen LogP contribution is -2.32. The number of rotatable bonds is 9.